The van der Waals surface area contributed by atoms with Crippen molar-refractivity contribution in [2.24, 2.45) is 5.14 Å². The highest BCUT2D eigenvalue weighted by molar-refractivity contribution is 7.89. The molecule has 2 N–H and O–H groups in total. The molecule has 0 aliphatic carbocycles. The summed E-state index contributed by atoms with van der Waals surface area (Å²) < 4.78 is 28.4. The average molecular weight is 374 g/mol. The predicted molar refractivity (Wildman–Crippen MR) is 98.7 cm³/mol. The zero-order chi connectivity index (χ0) is 18.7. The second-order valence-electron chi connectivity index (χ2n) is 6.38. The number of carbonyl (C=O) groups excluding carboxylic acids is 1. The van der Waals surface area contributed by atoms with E-state index in [9.17, 15) is 13.2 Å². The molecule has 0 radical (unpaired) electrons. The number of hydrogen-bond donors (Lipinski definition) is 1. The fraction of sp³-hybridized carbons (Fsp3) is 0.316. The first-order valence-electron chi connectivity index (χ1n) is 8.45. The van der Waals surface area contributed by atoms with Crippen molar-refractivity contribution in [3.63, 3.8) is 0 Å². The largest absolute Gasteiger partial charge is 0.496 e. The molecule has 0 atom stereocenters. The number of primary sulfonamides is 1. The van der Waals surface area contributed by atoms with E-state index in [4.69, 9.17) is 9.88 Å². The number of nitrogens with two attached hydrogens (primary N) is 1. The standard InChI is InChI=1S/C19H22N2O4S/c1-25-18-8-7-16(26(20,23)24)13-17(18)19(22)21-11-9-15(10-12-21)14-5-3-2-4-6-14/h2-8,13,15H,9-12H2,1H3,(H2,20,23,24). The lowest BCUT2D eigenvalue weighted by atomic mass is 9.89. The Labute approximate surface area is 153 Å². The average Bonchev–Trinajstić information content (AvgIpc) is 2.67. The van der Waals surface area contributed by atoms with Gasteiger partial charge in [-0.25, -0.2) is 13.6 Å². The number of amides is 1. The Hall–Kier alpha value is -2.38. The Kier molecular flexibility index (Phi) is 5.29. The summed E-state index contributed by atoms with van der Waals surface area (Å²) in [4.78, 5) is 14.6. The van der Waals surface area contributed by atoms with Gasteiger partial charge in [0.1, 0.15) is 5.75 Å². The second kappa shape index (κ2) is 7.47. The minimum Gasteiger partial charge on any atom is -0.496 e. The van der Waals surface area contributed by atoms with Crippen LogP contribution in [0.15, 0.2) is 53.4 Å². The number of ether oxygens (including phenoxy) is 1. The second-order valence-corrected chi connectivity index (χ2v) is 7.95. The Morgan fingerprint density at radius 1 is 1.12 bits per heavy atom. The molecule has 1 aliphatic heterocycles. The third-order valence-electron chi connectivity index (χ3n) is 4.78. The number of piperidine rings is 1. The number of benzene rings is 2. The minimum atomic E-state index is -3.89. The molecule has 2 aromatic carbocycles. The van der Waals surface area contributed by atoms with E-state index in [1.807, 2.05) is 18.2 Å². The molecule has 6 nitrogen and oxygen atoms in total. The molecule has 26 heavy (non-hydrogen) atoms. The highest BCUT2D eigenvalue weighted by Crippen LogP contribution is 2.30. The number of sulfonamides is 1. The summed E-state index contributed by atoms with van der Waals surface area (Å²) in [6.07, 6.45) is 1.74. The number of methoxy groups -OCH3 is 1. The Balaban J connectivity index is 1.78. The van der Waals surface area contributed by atoms with E-state index in [2.05, 4.69) is 12.1 Å². The first kappa shape index (κ1) is 18.4. The molecule has 0 bridgehead atoms. The van der Waals surface area contributed by atoms with Gasteiger partial charge in [-0.1, -0.05) is 30.3 Å². The maximum Gasteiger partial charge on any atom is 0.257 e. The van der Waals surface area contributed by atoms with Gasteiger partial charge in [-0.2, -0.15) is 0 Å². The van der Waals surface area contributed by atoms with Crippen LogP contribution in [0.25, 0.3) is 0 Å². The molecular formula is C19H22N2O4S. The quantitative estimate of drug-likeness (QED) is 0.890. The van der Waals surface area contributed by atoms with Crippen molar-refractivity contribution in [3.05, 3.63) is 59.7 Å². The van der Waals surface area contributed by atoms with E-state index in [1.54, 1.807) is 4.90 Å². The van der Waals surface area contributed by atoms with Crippen LogP contribution < -0.4 is 9.88 Å². The number of nitrogens with zero attached hydrogens (tertiary/aromatic N) is 1. The SMILES string of the molecule is COc1ccc(S(N)(=O)=O)cc1C(=O)N1CCC(c2ccccc2)CC1. The van der Waals surface area contributed by atoms with Gasteiger partial charge in [-0.05, 0) is 42.5 Å². The van der Waals surface area contributed by atoms with Crippen LogP contribution in [0.4, 0.5) is 0 Å². The summed E-state index contributed by atoms with van der Waals surface area (Å²) in [5.74, 6) is 0.532. The summed E-state index contributed by atoms with van der Waals surface area (Å²) in [7, 11) is -2.44. The van der Waals surface area contributed by atoms with Gasteiger partial charge in [0.25, 0.3) is 5.91 Å². The molecule has 0 saturated carbocycles. The lowest BCUT2D eigenvalue weighted by Gasteiger charge is -2.32. The van der Waals surface area contributed by atoms with Gasteiger partial charge in [0, 0.05) is 13.1 Å². The van der Waals surface area contributed by atoms with E-state index in [0.717, 1.165) is 12.8 Å². The van der Waals surface area contributed by atoms with Crippen molar-refractivity contribution in [1.82, 2.24) is 4.90 Å². The number of carbonyl (C=O) groups is 1. The van der Waals surface area contributed by atoms with Crippen LogP contribution in [-0.2, 0) is 10.0 Å². The third kappa shape index (κ3) is 3.89. The molecular weight excluding hydrogens is 352 g/mol. The van der Waals surface area contributed by atoms with Gasteiger partial charge >= 0.3 is 0 Å². The normalized spacial score (nSPS) is 15.7. The van der Waals surface area contributed by atoms with Gasteiger partial charge in [0.05, 0.1) is 17.6 Å². The maximum absolute atomic E-state index is 12.9. The van der Waals surface area contributed by atoms with Crippen LogP contribution in [0, 0.1) is 0 Å². The van der Waals surface area contributed by atoms with Gasteiger partial charge in [-0.15, -0.1) is 0 Å². The van der Waals surface area contributed by atoms with Crippen LogP contribution in [-0.4, -0.2) is 39.4 Å². The summed E-state index contributed by atoms with van der Waals surface area (Å²) >= 11 is 0. The number of hydrogen-bond acceptors (Lipinski definition) is 4. The molecule has 2 aromatic rings. The highest BCUT2D eigenvalue weighted by Gasteiger charge is 2.27. The molecule has 1 aliphatic rings. The molecule has 1 saturated heterocycles. The van der Waals surface area contributed by atoms with Crippen molar-refractivity contribution >= 4 is 15.9 Å². The van der Waals surface area contributed by atoms with Crippen LogP contribution in [0.3, 0.4) is 0 Å². The molecule has 0 unspecified atom stereocenters. The highest BCUT2D eigenvalue weighted by atomic mass is 32.2. The van der Waals surface area contributed by atoms with E-state index in [-0.39, 0.29) is 16.4 Å². The number of likely N-dealkylation sites (tertiary alicyclic amines) is 1. The Bertz CT molecular complexity index is 889. The lowest BCUT2D eigenvalue weighted by molar-refractivity contribution is 0.0709. The summed E-state index contributed by atoms with van der Waals surface area (Å²) in [5.41, 5.74) is 1.51. The number of rotatable bonds is 4. The van der Waals surface area contributed by atoms with Crippen molar-refractivity contribution in [3.8, 4) is 5.75 Å². The van der Waals surface area contributed by atoms with E-state index < -0.39 is 10.0 Å². The van der Waals surface area contributed by atoms with Gasteiger partial charge in [-0.3, -0.25) is 4.79 Å². The minimum absolute atomic E-state index is 0.0965. The van der Waals surface area contributed by atoms with E-state index in [1.165, 1.54) is 30.9 Å². The van der Waals surface area contributed by atoms with Crippen LogP contribution >= 0.6 is 0 Å². The van der Waals surface area contributed by atoms with Gasteiger partial charge < -0.3 is 9.64 Å². The van der Waals surface area contributed by atoms with E-state index >= 15 is 0 Å². The van der Waals surface area contributed by atoms with Crippen LogP contribution in [0.1, 0.15) is 34.7 Å². The molecule has 1 heterocycles. The topological polar surface area (TPSA) is 89.7 Å². The fourth-order valence-corrected chi connectivity index (χ4v) is 3.88. The molecule has 7 heteroatoms. The summed E-state index contributed by atoms with van der Waals surface area (Å²) in [5, 5.41) is 5.18. The van der Waals surface area contributed by atoms with Crippen molar-refractivity contribution in [2.75, 3.05) is 20.2 Å². The molecule has 3 rings (SSSR count). The maximum atomic E-state index is 12.9. The van der Waals surface area contributed by atoms with Crippen LogP contribution in [0.2, 0.25) is 0 Å². The third-order valence-corrected chi connectivity index (χ3v) is 5.69. The predicted octanol–water partition coefficient (Wildman–Crippen LogP) is 2.36. The fourth-order valence-electron chi connectivity index (χ4n) is 3.34. The summed E-state index contributed by atoms with van der Waals surface area (Å²) in [6, 6.07) is 14.4. The van der Waals surface area contributed by atoms with Crippen molar-refractivity contribution in [2.45, 2.75) is 23.7 Å². The zero-order valence-electron chi connectivity index (χ0n) is 14.6. The first-order chi connectivity index (χ1) is 12.4. The molecule has 1 fully saturated rings. The van der Waals surface area contributed by atoms with Crippen molar-refractivity contribution in [1.29, 1.82) is 0 Å². The molecule has 138 valence electrons. The lowest BCUT2D eigenvalue weighted by Crippen LogP contribution is -2.38. The summed E-state index contributed by atoms with van der Waals surface area (Å²) in [6.45, 7) is 1.22. The first-order valence-corrected chi connectivity index (χ1v) is 10.00. The van der Waals surface area contributed by atoms with E-state index in [0.29, 0.717) is 24.8 Å². The Morgan fingerprint density at radius 3 is 2.35 bits per heavy atom. The van der Waals surface area contributed by atoms with Crippen LogP contribution in [0.5, 0.6) is 5.75 Å². The van der Waals surface area contributed by atoms with Gasteiger partial charge in [0.2, 0.25) is 10.0 Å². The zero-order valence-corrected chi connectivity index (χ0v) is 15.4. The van der Waals surface area contributed by atoms with Crippen molar-refractivity contribution < 1.29 is 17.9 Å². The van der Waals surface area contributed by atoms with Gasteiger partial charge in [0.15, 0.2) is 0 Å². The smallest absolute Gasteiger partial charge is 0.257 e. The molecule has 1 amide bonds. The monoisotopic (exact) mass is 374 g/mol. The Morgan fingerprint density at radius 2 is 1.77 bits per heavy atom. The molecule has 0 spiro atoms. The molecule has 0 aromatic heterocycles.